The Labute approximate surface area is 239 Å². The van der Waals surface area contributed by atoms with E-state index in [4.69, 9.17) is 21.1 Å². The van der Waals surface area contributed by atoms with Crippen LogP contribution < -0.4 is 10.2 Å². The summed E-state index contributed by atoms with van der Waals surface area (Å²) in [7, 11) is 0. The number of ether oxygens (including phenoxy) is 2. The molecule has 1 N–H and O–H groups in total. The highest BCUT2D eigenvalue weighted by Gasteiger charge is 2.45. The van der Waals surface area contributed by atoms with Gasteiger partial charge in [0.25, 0.3) is 5.91 Å². The normalized spacial score (nSPS) is 16.9. The Morgan fingerprint density at radius 1 is 1.10 bits per heavy atom. The average molecular weight is 561 g/mol. The number of nitrogens with zero attached hydrogens (tertiary/aromatic N) is 3. The summed E-state index contributed by atoms with van der Waals surface area (Å²) >= 11 is 6.69. The van der Waals surface area contributed by atoms with Crippen molar-refractivity contribution < 1.29 is 19.1 Å². The molecule has 8 nitrogen and oxygen atoms in total. The topological polar surface area (TPSA) is 85.7 Å². The summed E-state index contributed by atoms with van der Waals surface area (Å²) in [5.41, 5.74) is 5.66. The van der Waals surface area contributed by atoms with Crippen LogP contribution in [0.3, 0.4) is 0 Å². The second kappa shape index (κ2) is 11.7. The molecule has 0 fully saturated rings. The van der Waals surface area contributed by atoms with Crippen molar-refractivity contribution in [3.8, 4) is 0 Å². The van der Waals surface area contributed by atoms with Crippen LogP contribution in [0.1, 0.15) is 35.6 Å². The molecule has 3 heterocycles. The molecule has 0 saturated carbocycles. The fourth-order valence-electron chi connectivity index (χ4n) is 5.44. The highest BCUT2D eigenvalue weighted by Crippen LogP contribution is 2.45. The predicted molar refractivity (Wildman–Crippen MR) is 154 cm³/mol. The van der Waals surface area contributed by atoms with E-state index >= 15 is 0 Å². The molecule has 3 aromatic rings. The van der Waals surface area contributed by atoms with Crippen molar-refractivity contribution in [3.05, 3.63) is 105 Å². The van der Waals surface area contributed by atoms with Gasteiger partial charge in [-0.05, 0) is 51.5 Å². The van der Waals surface area contributed by atoms with Gasteiger partial charge in [0, 0.05) is 28.6 Å². The third-order valence-corrected chi connectivity index (χ3v) is 7.80. The Hall–Kier alpha value is -3.88. The van der Waals surface area contributed by atoms with E-state index in [1.54, 1.807) is 17.9 Å². The van der Waals surface area contributed by atoms with Crippen molar-refractivity contribution in [1.29, 1.82) is 0 Å². The van der Waals surface area contributed by atoms with Crippen molar-refractivity contribution in [1.82, 2.24) is 14.9 Å². The van der Waals surface area contributed by atoms with E-state index in [0.29, 0.717) is 47.1 Å². The number of carbonyl (C=O) groups excluding carboxylic acids is 2. The van der Waals surface area contributed by atoms with E-state index in [1.165, 1.54) is 0 Å². The van der Waals surface area contributed by atoms with Crippen molar-refractivity contribution in [2.75, 3.05) is 31.3 Å². The molecule has 0 aliphatic carbocycles. The van der Waals surface area contributed by atoms with Crippen molar-refractivity contribution in [2.45, 2.75) is 40.2 Å². The molecule has 1 unspecified atom stereocenters. The molecule has 9 heteroatoms. The van der Waals surface area contributed by atoms with Crippen molar-refractivity contribution >= 4 is 29.2 Å². The fourth-order valence-corrected chi connectivity index (χ4v) is 5.69. The van der Waals surface area contributed by atoms with Gasteiger partial charge in [-0.25, -0.2) is 9.78 Å². The number of benzene rings is 2. The number of halogens is 1. The number of aromatic nitrogens is 2. The number of nitrogens with one attached hydrogen (secondary N) is 1. The van der Waals surface area contributed by atoms with Gasteiger partial charge in [0.15, 0.2) is 0 Å². The van der Waals surface area contributed by atoms with Gasteiger partial charge in [-0.2, -0.15) is 0 Å². The molecule has 0 radical (unpaired) electrons. The van der Waals surface area contributed by atoms with Crippen molar-refractivity contribution in [3.63, 3.8) is 0 Å². The highest BCUT2D eigenvalue weighted by atomic mass is 35.5. The van der Waals surface area contributed by atoms with Crippen LogP contribution in [0.25, 0.3) is 0 Å². The zero-order valence-electron chi connectivity index (χ0n) is 23.2. The molecule has 2 aliphatic heterocycles. The van der Waals surface area contributed by atoms with Crippen LogP contribution >= 0.6 is 11.6 Å². The van der Waals surface area contributed by atoms with Crippen molar-refractivity contribution in [2.24, 2.45) is 0 Å². The first-order valence-corrected chi connectivity index (χ1v) is 13.8. The fraction of sp³-hybridized carbons (Fsp3) is 0.323. The number of carbonyl (C=O) groups is 2. The molecule has 0 bridgehead atoms. The van der Waals surface area contributed by atoms with E-state index in [2.05, 4.69) is 14.9 Å². The molecule has 1 aromatic heterocycles. The smallest absolute Gasteiger partial charge is 0.336 e. The summed E-state index contributed by atoms with van der Waals surface area (Å²) in [6.45, 7) is 9.47. The number of para-hydroxylation sites is 1. The molecule has 5 rings (SSSR count). The highest BCUT2D eigenvalue weighted by molar-refractivity contribution is 6.31. The second-order valence-corrected chi connectivity index (χ2v) is 10.3. The maximum absolute atomic E-state index is 13.9. The average Bonchev–Trinajstić information content (AvgIpc) is 3.40. The number of anilines is 1. The molecular formula is C31H33ClN4O4. The van der Waals surface area contributed by atoms with Crippen LogP contribution in [0.2, 0.25) is 5.02 Å². The van der Waals surface area contributed by atoms with E-state index in [0.717, 1.165) is 28.6 Å². The lowest BCUT2D eigenvalue weighted by molar-refractivity contribution is -0.138. The summed E-state index contributed by atoms with van der Waals surface area (Å²) < 4.78 is 13.8. The van der Waals surface area contributed by atoms with E-state index in [9.17, 15) is 9.59 Å². The Bertz CT molecular complexity index is 1510. The number of amides is 1. The van der Waals surface area contributed by atoms with Gasteiger partial charge in [0.2, 0.25) is 0 Å². The molecule has 40 heavy (non-hydrogen) atoms. The molecule has 0 spiro atoms. The number of aryl methyl sites for hydroxylation is 2. The molecule has 1 amide bonds. The monoisotopic (exact) mass is 560 g/mol. The maximum atomic E-state index is 13.9. The van der Waals surface area contributed by atoms with Gasteiger partial charge >= 0.3 is 5.97 Å². The van der Waals surface area contributed by atoms with E-state index in [1.807, 2.05) is 69.3 Å². The zero-order valence-corrected chi connectivity index (χ0v) is 23.9. The lowest BCUT2D eigenvalue weighted by Crippen LogP contribution is -2.33. The maximum Gasteiger partial charge on any atom is 0.336 e. The van der Waals surface area contributed by atoms with E-state index in [-0.39, 0.29) is 19.1 Å². The Morgan fingerprint density at radius 3 is 2.50 bits per heavy atom. The molecule has 2 aromatic carbocycles. The first-order valence-electron chi connectivity index (χ1n) is 13.4. The van der Waals surface area contributed by atoms with Gasteiger partial charge in [-0.15, -0.1) is 0 Å². The van der Waals surface area contributed by atoms with Crippen LogP contribution in [-0.4, -0.2) is 47.8 Å². The lowest BCUT2D eigenvalue weighted by Gasteiger charge is -2.30. The Kier molecular flexibility index (Phi) is 8.09. The number of imidazole rings is 1. The molecule has 0 saturated heterocycles. The number of hydrogen-bond acceptors (Lipinski definition) is 6. The van der Waals surface area contributed by atoms with Crippen LogP contribution in [0.4, 0.5) is 5.69 Å². The summed E-state index contributed by atoms with van der Waals surface area (Å²) in [5, 5.41) is 3.86. The standard InChI is InChI=1S/C31H33ClN4O4/c1-5-40-31(38)29-26(18-39-16-15-35-20(3)19(2)33-21(35)4)34-25-17-36(22-11-7-6-8-12-22)30(37)28(25)27(29)23-13-9-10-14-24(23)32/h6-14,27,34H,5,15-18H2,1-4H3. The quantitative estimate of drug-likeness (QED) is 0.293. The number of rotatable bonds is 9. The van der Waals surface area contributed by atoms with Gasteiger partial charge in [-0.3, -0.25) is 4.79 Å². The minimum atomic E-state index is -0.704. The molecule has 208 valence electrons. The van der Waals surface area contributed by atoms with Gasteiger partial charge in [-0.1, -0.05) is 48.0 Å². The summed E-state index contributed by atoms with van der Waals surface area (Å²) in [5.74, 6) is -0.459. The van der Waals surface area contributed by atoms with Gasteiger partial charge in [0.05, 0.1) is 54.8 Å². The first kappa shape index (κ1) is 27.7. The molecule has 2 aliphatic rings. The predicted octanol–water partition coefficient (Wildman–Crippen LogP) is 4.98. The van der Waals surface area contributed by atoms with Crippen LogP contribution in [0.15, 0.2) is 77.1 Å². The number of esters is 1. The van der Waals surface area contributed by atoms with E-state index < -0.39 is 11.9 Å². The summed E-state index contributed by atoms with van der Waals surface area (Å²) in [6, 6.07) is 16.8. The van der Waals surface area contributed by atoms with Crippen LogP contribution in [0.5, 0.6) is 0 Å². The largest absolute Gasteiger partial charge is 0.463 e. The Balaban J connectivity index is 1.50. The first-order chi connectivity index (χ1) is 19.3. The minimum absolute atomic E-state index is 0.136. The Morgan fingerprint density at radius 2 is 1.82 bits per heavy atom. The molecular weight excluding hydrogens is 528 g/mol. The third kappa shape index (κ3) is 5.17. The molecule has 1 atom stereocenters. The second-order valence-electron chi connectivity index (χ2n) is 9.85. The van der Waals surface area contributed by atoms with Gasteiger partial charge < -0.3 is 24.3 Å². The number of hydrogen-bond donors (Lipinski definition) is 1. The summed E-state index contributed by atoms with van der Waals surface area (Å²) in [6.07, 6.45) is 0. The van der Waals surface area contributed by atoms with Crippen LogP contribution in [0, 0.1) is 20.8 Å². The van der Waals surface area contributed by atoms with Crippen LogP contribution in [-0.2, 0) is 25.6 Å². The zero-order chi connectivity index (χ0) is 28.4. The lowest BCUT2D eigenvalue weighted by atomic mass is 9.80. The third-order valence-electron chi connectivity index (χ3n) is 7.45. The SMILES string of the molecule is CCOC(=O)C1=C(COCCn2c(C)nc(C)c2C)NC2=C(C(=O)N(c3ccccc3)C2)C1c1ccccc1Cl. The van der Waals surface area contributed by atoms with Gasteiger partial charge in [0.1, 0.15) is 5.82 Å². The number of dihydropyridines is 1. The minimum Gasteiger partial charge on any atom is -0.463 e. The summed E-state index contributed by atoms with van der Waals surface area (Å²) in [4.78, 5) is 33.7.